The standard InChI is InChI=1S/C12H9NO4/c14-11(15)10(12(16)17)8-5-6-13-9-4-2-1-3-7(8)9/h1-6,10H,(H,14,15)(H,16,17). The lowest BCUT2D eigenvalue weighted by Gasteiger charge is -2.10. The summed E-state index contributed by atoms with van der Waals surface area (Å²) in [5.74, 6) is -4.33. The van der Waals surface area contributed by atoms with Crippen molar-refractivity contribution in [2.45, 2.75) is 5.92 Å². The Kier molecular flexibility index (Phi) is 2.74. The lowest BCUT2D eigenvalue weighted by Crippen LogP contribution is -2.21. The average molecular weight is 231 g/mol. The summed E-state index contributed by atoms with van der Waals surface area (Å²) < 4.78 is 0. The highest BCUT2D eigenvalue weighted by atomic mass is 16.4. The van der Waals surface area contributed by atoms with E-state index in [9.17, 15) is 9.59 Å². The molecule has 2 N–H and O–H groups in total. The average Bonchev–Trinajstić information content (AvgIpc) is 2.28. The molecule has 0 aliphatic heterocycles. The first-order valence-electron chi connectivity index (χ1n) is 4.90. The predicted octanol–water partition coefficient (Wildman–Crippen LogP) is 1.49. The summed E-state index contributed by atoms with van der Waals surface area (Å²) in [6, 6.07) is 8.27. The number of carboxylic acids is 2. The third-order valence-corrected chi connectivity index (χ3v) is 2.49. The minimum absolute atomic E-state index is 0.246. The van der Waals surface area contributed by atoms with Crippen LogP contribution in [0.25, 0.3) is 10.9 Å². The summed E-state index contributed by atoms with van der Waals surface area (Å²) in [6.45, 7) is 0. The number of rotatable bonds is 3. The zero-order chi connectivity index (χ0) is 12.4. The Balaban J connectivity index is 2.69. The Bertz CT molecular complexity index is 575. The molecule has 0 amide bonds. The fraction of sp³-hybridized carbons (Fsp3) is 0.0833. The van der Waals surface area contributed by atoms with E-state index in [1.807, 2.05) is 0 Å². The maximum Gasteiger partial charge on any atom is 0.322 e. The monoisotopic (exact) mass is 231 g/mol. The summed E-state index contributed by atoms with van der Waals surface area (Å²) in [5.41, 5.74) is 0.827. The molecular weight excluding hydrogens is 222 g/mol. The van der Waals surface area contributed by atoms with E-state index in [1.54, 1.807) is 24.3 Å². The number of benzene rings is 1. The van der Waals surface area contributed by atoms with E-state index in [2.05, 4.69) is 4.98 Å². The Morgan fingerprint density at radius 3 is 2.35 bits per heavy atom. The maximum atomic E-state index is 11.0. The molecule has 0 atom stereocenters. The summed E-state index contributed by atoms with van der Waals surface area (Å²) >= 11 is 0. The van der Waals surface area contributed by atoms with Crippen LogP contribution in [0.3, 0.4) is 0 Å². The van der Waals surface area contributed by atoms with Gasteiger partial charge in [0, 0.05) is 11.6 Å². The van der Waals surface area contributed by atoms with E-state index in [4.69, 9.17) is 10.2 Å². The number of nitrogens with zero attached hydrogens (tertiary/aromatic N) is 1. The van der Waals surface area contributed by atoms with E-state index in [0.717, 1.165) is 0 Å². The van der Waals surface area contributed by atoms with Crippen molar-refractivity contribution in [1.29, 1.82) is 0 Å². The van der Waals surface area contributed by atoms with E-state index in [0.29, 0.717) is 10.9 Å². The lowest BCUT2D eigenvalue weighted by molar-refractivity contribution is -0.149. The van der Waals surface area contributed by atoms with Gasteiger partial charge in [-0.1, -0.05) is 18.2 Å². The van der Waals surface area contributed by atoms with E-state index >= 15 is 0 Å². The first kappa shape index (κ1) is 11.1. The Morgan fingerprint density at radius 1 is 1.06 bits per heavy atom. The molecule has 0 bridgehead atoms. The highest BCUT2D eigenvalue weighted by Gasteiger charge is 2.29. The highest BCUT2D eigenvalue weighted by Crippen LogP contribution is 2.24. The van der Waals surface area contributed by atoms with Gasteiger partial charge in [0.05, 0.1) is 5.52 Å². The van der Waals surface area contributed by atoms with Crippen molar-refractivity contribution in [2.75, 3.05) is 0 Å². The van der Waals surface area contributed by atoms with Gasteiger partial charge >= 0.3 is 11.9 Å². The summed E-state index contributed by atoms with van der Waals surface area (Å²) in [6.07, 6.45) is 1.41. The van der Waals surface area contributed by atoms with Crippen LogP contribution in [0.4, 0.5) is 0 Å². The molecule has 0 unspecified atom stereocenters. The molecule has 5 nitrogen and oxygen atoms in total. The van der Waals surface area contributed by atoms with Crippen LogP contribution >= 0.6 is 0 Å². The molecule has 0 saturated carbocycles. The maximum absolute atomic E-state index is 11.0. The third-order valence-electron chi connectivity index (χ3n) is 2.49. The lowest BCUT2D eigenvalue weighted by atomic mass is 9.96. The number of aromatic nitrogens is 1. The van der Waals surface area contributed by atoms with Crippen molar-refractivity contribution in [3.8, 4) is 0 Å². The molecule has 0 saturated heterocycles. The minimum Gasteiger partial charge on any atom is -0.480 e. The summed E-state index contributed by atoms with van der Waals surface area (Å²) in [5, 5.41) is 18.5. The first-order chi connectivity index (χ1) is 8.11. The third kappa shape index (κ3) is 1.94. The Hall–Kier alpha value is -2.43. The van der Waals surface area contributed by atoms with E-state index in [1.165, 1.54) is 12.3 Å². The molecule has 5 heteroatoms. The zero-order valence-electron chi connectivity index (χ0n) is 8.70. The van der Waals surface area contributed by atoms with Gasteiger partial charge in [-0.3, -0.25) is 14.6 Å². The predicted molar refractivity (Wildman–Crippen MR) is 59.8 cm³/mol. The quantitative estimate of drug-likeness (QED) is 0.781. The smallest absolute Gasteiger partial charge is 0.322 e. The second kappa shape index (κ2) is 4.21. The number of aliphatic carboxylic acids is 2. The number of carboxylic acid groups (broad SMARTS) is 2. The Morgan fingerprint density at radius 2 is 1.71 bits per heavy atom. The molecule has 86 valence electrons. The van der Waals surface area contributed by atoms with Gasteiger partial charge in [0.15, 0.2) is 5.92 Å². The fourth-order valence-corrected chi connectivity index (χ4v) is 1.74. The molecule has 0 spiro atoms. The van der Waals surface area contributed by atoms with Gasteiger partial charge in [0.2, 0.25) is 0 Å². The van der Waals surface area contributed by atoms with Crippen LogP contribution in [0, 0.1) is 0 Å². The molecule has 1 aromatic heterocycles. The van der Waals surface area contributed by atoms with Crippen LogP contribution in [-0.2, 0) is 9.59 Å². The number of pyridine rings is 1. The molecule has 0 aliphatic rings. The van der Waals surface area contributed by atoms with Gasteiger partial charge in [-0.15, -0.1) is 0 Å². The molecule has 0 radical (unpaired) electrons. The molecule has 1 aromatic carbocycles. The second-order valence-electron chi connectivity index (χ2n) is 3.53. The van der Waals surface area contributed by atoms with Crippen LogP contribution < -0.4 is 0 Å². The number of hydrogen-bond acceptors (Lipinski definition) is 3. The fourth-order valence-electron chi connectivity index (χ4n) is 1.74. The molecule has 2 rings (SSSR count). The molecule has 17 heavy (non-hydrogen) atoms. The van der Waals surface area contributed by atoms with Crippen LogP contribution in [0.15, 0.2) is 36.5 Å². The summed E-state index contributed by atoms with van der Waals surface area (Å²) in [4.78, 5) is 26.0. The number of carbonyl (C=O) groups is 2. The zero-order valence-corrected chi connectivity index (χ0v) is 8.70. The Labute approximate surface area is 96.3 Å². The van der Waals surface area contributed by atoms with Gasteiger partial charge in [0.25, 0.3) is 0 Å². The molecule has 0 fully saturated rings. The van der Waals surface area contributed by atoms with Crippen molar-refractivity contribution in [2.24, 2.45) is 0 Å². The molecule has 0 aliphatic carbocycles. The largest absolute Gasteiger partial charge is 0.480 e. The second-order valence-corrected chi connectivity index (χ2v) is 3.53. The first-order valence-corrected chi connectivity index (χ1v) is 4.90. The summed E-state index contributed by atoms with van der Waals surface area (Å²) in [7, 11) is 0. The van der Waals surface area contributed by atoms with Crippen LogP contribution in [0.2, 0.25) is 0 Å². The van der Waals surface area contributed by atoms with Gasteiger partial charge in [-0.2, -0.15) is 0 Å². The van der Waals surface area contributed by atoms with Crippen LogP contribution in [-0.4, -0.2) is 27.1 Å². The van der Waals surface area contributed by atoms with Crippen LogP contribution in [0.5, 0.6) is 0 Å². The van der Waals surface area contributed by atoms with Crippen molar-refractivity contribution >= 4 is 22.8 Å². The normalized spacial score (nSPS) is 10.6. The number of para-hydroxylation sites is 1. The van der Waals surface area contributed by atoms with Gasteiger partial charge in [0.1, 0.15) is 0 Å². The van der Waals surface area contributed by atoms with Crippen LogP contribution in [0.1, 0.15) is 11.5 Å². The number of fused-ring (bicyclic) bond motifs is 1. The van der Waals surface area contributed by atoms with Crippen molar-refractivity contribution in [1.82, 2.24) is 4.98 Å². The molecular formula is C12H9NO4. The molecule has 2 aromatic rings. The van der Waals surface area contributed by atoms with Gasteiger partial charge in [-0.05, 0) is 17.7 Å². The highest BCUT2D eigenvalue weighted by molar-refractivity contribution is 6.02. The molecule has 1 heterocycles. The van der Waals surface area contributed by atoms with Crippen molar-refractivity contribution in [3.05, 3.63) is 42.1 Å². The topological polar surface area (TPSA) is 87.5 Å². The SMILES string of the molecule is O=C(O)C(C(=O)O)c1ccnc2ccccc12. The van der Waals surface area contributed by atoms with Gasteiger partial charge in [-0.25, -0.2) is 0 Å². The van der Waals surface area contributed by atoms with Crippen molar-refractivity contribution in [3.63, 3.8) is 0 Å². The van der Waals surface area contributed by atoms with E-state index in [-0.39, 0.29) is 5.56 Å². The number of hydrogen-bond donors (Lipinski definition) is 2. The van der Waals surface area contributed by atoms with Crippen molar-refractivity contribution < 1.29 is 19.8 Å². The van der Waals surface area contributed by atoms with E-state index < -0.39 is 17.9 Å². The van der Waals surface area contributed by atoms with Gasteiger partial charge < -0.3 is 10.2 Å². The minimum atomic E-state index is -1.57.